The molecule has 0 saturated heterocycles. The molecule has 1 saturated carbocycles. The first-order valence-electron chi connectivity index (χ1n) is 8.65. The SMILES string of the molecule is O=C(CNC(=O)C1c2ccccc2C(=O)N1C1CC1)Nc1nnc(C(F)(F)F)s1. The number of amides is 3. The predicted octanol–water partition coefficient (Wildman–Crippen LogP) is 1.97. The highest BCUT2D eigenvalue weighted by molar-refractivity contribution is 7.15. The minimum Gasteiger partial charge on any atom is -0.345 e. The van der Waals surface area contributed by atoms with Crippen LogP contribution in [0.25, 0.3) is 0 Å². The minimum atomic E-state index is -4.65. The number of anilines is 1. The van der Waals surface area contributed by atoms with E-state index in [2.05, 4.69) is 20.8 Å². The molecular formula is C17H14F3N5O3S. The van der Waals surface area contributed by atoms with Gasteiger partial charge >= 0.3 is 6.18 Å². The molecule has 8 nitrogen and oxygen atoms in total. The molecule has 0 bridgehead atoms. The number of hydrogen-bond donors (Lipinski definition) is 2. The van der Waals surface area contributed by atoms with Crippen LogP contribution in [0.3, 0.4) is 0 Å². The molecule has 1 aliphatic carbocycles. The molecule has 1 aliphatic heterocycles. The number of benzene rings is 1. The van der Waals surface area contributed by atoms with E-state index in [0.717, 1.165) is 12.8 Å². The second kappa shape index (κ2) is 7.10. The average Bonchev–Trinajstić information content (AvgIpc) is 3.31. The van der Waals surface area contributed by atoms with Gasteiger partial charge in [-0.05, 0) is 24.5 Å². The van der Waals surface area contributed by atoms with Crippen LogP contribution < -0.4 is 10.6 Å². The van der Waals surface area contributed by atoms with Crippen molar-refractivity contribution in [1.82, 2.24) is 20.4 Å². The normalized spacial score (nSPS) is 18.5. The van der Waals surface area contributed by atoms with Crippen LogP contribution in [0.2, 0.25) is 0 Å². The summed E-state index contributed by atoms with van der Waals surface area (Å²) in [5, 5.41) is 9.33. The summed E-state index contributed by atoms with van der Waals surface area (Å²) in [7, 11) is 0. The largest absolute Gasteiger partial charge is 0.445 e. The molecule has 4 rings (SSSR count). The van der Waals surface area contributed by atoms with Gasteiger partial charge in [-0.25, -0.2) is 0 Å². The first kappa shape index (κ1) is 19.3. The van der Waals surface area contributed by atoms with E-state index < -0.39 is 35.6 Å². The zero-order valence-electron chi connectivity index (χ0n) is 14.7. The van der Waals surface area contributed by atoms with Gasteiger partial charge in [0.1, 0.15) is 6.04 Å². The summed E-state index contributed by atoms with van der Waals surface area (Å²) >= 11 is 0.187. The Morgan fingerprint density at radius 2 is 1.93 bits per heavy atom. The summed E-state index contributed by atoms with van der Waals surface area (Å²) in [6, 6.07) is 5.94. The van der Waals surface area contributed by atoms with Crippen molar-refractivity contribution in [1.29, 1.82) is 0 Å². The van der Waals surface area contributed by atoms with Crippen molar-refractivity contribution >= 4 is 34.2 Å². The van der Waals surface area contributed by atoms with Crippen LogP contribution >= 0.6 is 11.3 Å². The van der Waals surface area contributed by atoms with Crippen LogP contribution in [0, 0.1) is 0 Å². The van der Waals surface area contributed by atoms with E-state index in [4.69, 9.17) is 0 Å². The summed E-state index contributed by atoms with van der Waals surface area (Å²) < 4.78 is 37.6. The zero-order chi connectivity index (χ0) is 20.8. The molecular weight excluding hydrogens is 411 g/mol. The molecule has 2 heterocycles. The Morgan fingerprint density at radius 1 is 1.21 bits per heavy atom. The molecule has 152 valence electrons. The van der Waals surface area contributed by atoms with Crippen molar-refractivity contribution < 1.29 is 27.6 Å². The highest BCUT2D eigenvalue weighted by Gasteiger charge is 2.47. The van der Waals surface area contributed by atoms with Gasteiger partial charge in [-0.3, -0.25) is 19.7 Å². The Balaban J connectivity index is 1.40. The molecule has 1 atom stereocenters. The molecule has 2 aromatic rings. The lowest BCUT2D eigenvalue weighted by Gasteiger charge is -2.24. The summed E-state index contributed by atoms with van der Waals surface area (Å²) in [6.07, 6.45) is -3.03. The van der Waals surface area contributed by atoms with Gasteiger partial charge in [0.2, 0.25) is 22.0 Å². The smallest absolute Gasteiger partial charge is 0.345 e. The maximum Gasteiger partial charge on any atom is 0.445 e. The lowest BCUT2D eigenvalue weighted by atomic mass is 10.0. The molecule has 1 aromatic heterocycles. The third-order valence-electron chi connectivity index (χ3n) is 4.52. The molecule has 0 spiro atoms. The molecule has 12 heteroatoms. The van der Waals surface area contributed by atoms with Crippen molar-refractivity contribution in [2.24, 2.45) is 0 Å². The summed E-state index contributed by atoms with van der Waals surface area (Å²) in [6.45, 7) is -0.481. The fourth-order valence-electron chi connectivity index (χ4n) is 3.15. The first-order chi connectivity index (χ1) is 13.8. The number of carbonyl (C=O) groups excluding carboxylic acids is 3. The Labute approximate surface area is 166 Å². The molecule has 29 heavy (non-hydrogen) atoms. The summed E-state index contributed by atoms with van der Waals surface area (Å²) in [4.78, 5) is 38.9. The monoisotopic (exact) mass is 425 g/mol. The lowest BCUT2D eigenvalue weighted by molar-refractivity contribution is -0.138. The van der Waals surface area contributed by atoms with Crippen LogP contribution in [0.15, 0.2) is 24.3 Å². The van der Waals surface area contributed by atoms with Crippen molar-refractivity contribution in [3.05, 3.63) is 40.4 Å². The molecule has 2 N–H and O–H groups in total. The maximum absolute atomic E-state index is 12.7. The van der Waals surface area contributed by atoms with E-state index in [1.165, 1.54) is 4.90 Å². The molecule has 1 unspecified atom stereocenters. The van der Waals surface area contributed by atoms with Crippen molar-refractivity contribution in [2.75, 3.05) is 11.9 Å². The molecule has 2 aliphatic rings. The van der Waals surface area contributed by atoms with Gasteiger partial charge in [0.15, 0.2) is 0 Å². The Bertz CT molecular complexity index is 989. The van der Waals surface area contributed by atoms with Gasteiger partial charge in [-0.15, -0.1) is 10.2 Å². The van der Waals surface area contributed by atoms with E-state index in [-0.39, 0.29) is 28.4 Å². The van der Waals surface area contributed by atoms with E-state index in [1.54, 1.807) is 24.3 Å². The van der Waals surface area contributed by atoms with Crippen molar-refractivity contribution in [3.8, 4) is 0 Å². The highest BCUT2D eigenvalue weighted by Crippen LogP contribution is 2.41. The Hall–Kier alpha value is -3.02. The number of nitrogens with zero attached hydrogens (tertiary/aromatic N) is 3. The van der Waals surface area contributed by atoms with Gasteiger partial charge in [0, 0.05) is 11.6 Å². The molecule has 0 radical (unpaired) electrons. The second-order valence-corrected chi connectivity index (χ2v) is 7.59. The van der Waals surface area contributed by atoms with Gasteiger partial charge in [-0.1, -0.05) is 29.5 Å². The third kappa shape index (κ3) is 3.79. The summed E-state index contributed by atoms with van der Waals surface area (Å²) in [5.74, 6) is -1.50. The quantitative estimate of drug-likeness (QED) is 0.762. The number of nitrogens with one attached hydrogen (secondary N) is 2. The maximum atomic E-state index is 12.7. The van der Waals surface area contributed by atoms with E-state index in [0.29, 0.717) is 11.1 Å². The van der Waals surface area contributed by atoms with Crippen LogP contribution in [0.1, 0.15) is 39.8 Å². The second-order valence-electron chi connectivity index (χ2n) is 6.61. The number of aromatic nitrogens is 2. The zero-order valence-corrected chi connectivity index (χ0v) is 15.5. The number of rotatable bonds is 5. The highest BCUT2D eigenvalue weighted by atomic mass is 32.1. The molecule has 1 fully saturated rings. The molecule has 3 amide bonds. The van der Waals surface area contributed by atoms with E-state index in [9.17, 15) is 27.6 Å². The fraction of sp³-hybridized carbons (Fsp3) is 0.353. The first-order valence-corrected chi connectivity index (χ1v) is 9.47. The topological polar surface area (TPSA) is 104 Å². The van der Waals surface area contributed by atoms with E-state index in [1.807, 2.05) is 0 Å². The van der Waals surface area contributed by atoms with Crippen LogP contribution in [-0.4, -0.2) is 45.4 Å². The van der Waals surface area contributed by atoms with Crippen molar-refractivity contribution in [3.63, 3.8) is 0 Å². The number of halogens is 3. The van der Waals surface area contributed by atoms with Crippen LogP contribution in [0.5, 0.6) is 0 Å². The third-order valence-corrected chi connectivity index (χ3v) is 5.41. The van der Waals surface area contributed by atoms with Gasteiger partial charge in [0.05, 0.1) is 6.54 Å². The average molecular weight is 425 g/mol. The molecule has 1 aromatic carbocycles. The standard InChI is InChI=1S/C17H14F3N5O3S/c18-17(19,20)15-23-24-16(29-15)22-11(26)7-21-13(27)12-9-3-1-2-4-10(9)14(28)25(12)8-5-6-8/h1-4,8,12H,5-7H2,(H,21,27)(H,22,24,26). The predicted molar refractivity (Wildman–Crippen MR) is 94.9 cm³/mol. The summed E-state index contributed by atoms with van der Waals surface area (Å²) in [5.41, 5.74) is 1.03. The number of carbonyl (C=O) groups is 3. The number of alkyl halides is 3. The van der Waals surface area contributed by atoms with E-state index >= 15 is 0 Å². The Morgan fingerprint density at radius 3 is 2.59 bits per heavy atom. The minimum absolute atomic E-state index is 0.0124. The van der Waals surface area contributed by atoms with Crippen LogP contribution in [-0.2, 0) is 15.8 Å². The van der Waals surface area contributed by atoms with Gasteiger partial charge < -0.3 is 10.2 Å². The van der Waals surface area contributed by atoms with Crippen LogP contribution in [0.4, 0.5) is 18.3 Å². The van der Waals surface area contributed by atoms with Gasteiger partial charge in [0.25, 0.3) is 5.91 Å². The lowest BCUT2D eigenvalue weighted by Crippen LogP contribution is -2.42. The number of hydrogen-bond acceptors (Lipinski definition) is 6. The van der Waals surface area contributed by atoms with Gasteiger partial charge in [-0.2, -0.15) is 13.2 Å². The Kier molecular flexibility index (Phi) is 4.73. The fourth-order valence-corrected chi connectivity index (χ4v) is 3.78. The van der Waals surface area contributed by atoms with Crippen molar-refractivity contribution in [2.45, 2.75) is 31.1 Å². The number of fused-ring (bicyclic) bond motifs is 1.